The van der Waals surface area contributed by atoms with Gasteiger partial charge in [-0.25, -0.2) is 0 Å². The van der Waals surface area contributed by atoms with Gasteiger partial charge in [-0.2, -0.15) is 0 Å². The summed E-state index contributed by atoms with van der Waals surface area (Å²) in [5, 5.41) is 10.6. The minimum Gasteiger partial charge on any atom is -0.508 e. The van der Waals surface area contributed by atoms with Gasteiger partial charge >= 0.3 is 0 Å². The predicted molar refractivity (Wildman–Crippen MR) is 122 cm³/mol. The Morgan fingerprint density at radius 1 is 1.03 bits per heavy atom. The minimum absolute atomic E-state index is 0.0541. The second-order valence-corrected chi connectivity index (χ2v) is 9.97. The topological polar surface area (TPSA) is 53.0 Å². The largest absolute Gasteiger partial charge is 0.508 e. The number of nitrogens with zero attached hydrogens (tertiary/aromatic N) is 2. The van der Waals surface area contributed by atoms with Gasteiger partial charge in [0, 0.05) is 42.3 Å². The second kappa shape index (κ2) is 7.27. The Balaban J connectivity index is 1.44. The number of fused-ring (bicyclic) bond motifs is 4. The van der Waals surface area contributed by atoms with Crippen LogP contribution in [-0.2, 0) is 16.6 Å². The number of likely N-dealkylation sites (tertiary alicyclic amines) is 1. The summed E-state index contributed by atoms with van der Waals surface area (Å²) >= 11 is 0. The number of hydrogen-bond acceptors (Lipinski definition) is 4. The Morgan fingerprint density at radius 2 is 1.74 bits per heavy atom. The van der Waals surface area contributed by atoms with Crippen LogP contribution in [-0.4, -0.2) is 54.8 Å². The number of phenolic OH excluding ortho intramolecular Hbond substituents is 1. The molecule has 2 aromatic carbocycles. The second-order valence-electron chi connectivity index (χ2n) is 9.97. The molecule has 1 amide bonds. The number of benzene rings is 2. The number of piperidine rings is 1. The van der Waals surface area contributed by atoms with Crippen molar-refractivity contribution < 1.29 is 14.6 Å². The average Bonchev–Trinajstić information content (AvgIpc) is 2.77. The van der Waals surface area contributed by atoms with Crippen LogP contribution in [0.5, 0.6) is 5.75 Å². The lowest BCUT2D eigenvalue weighted by Gasteiger charge is -2.60. The van der Waals surface area contributed by atoms with Crippen LogP contribution >= 0.6 is 0 Å². The fourth-order valence-electron chi connectivity index (χ4n) is 5.97. The van der Waals surface area contributed by atoms with Crippen molar-refractivity contribution in [3.63, 3.8) is 0 Å². The smallest absolute Gasteiger partial charge is 0.254 e. The highest BCUT2D eigenvalue weighted by Gasteiger charge is 2.57. The lowest BCUT2D eigenvalue weighted by Crippen LogP contribution is -2.64. The van der Waals surface area contributed by atoms with E-state index in [0.717, 1.165) is 56.1 Å². The number of ether oxygens (including phenoxy) is 1. The van der Waals surface area contributed by atoms with E-state index in [9.17, 15) is 9.90 Å². The maximum absolute atomic E-state index is 13.6. The van der Waals surface area contributed by atoms with E-state index >= 15 is 0 Å². The third kappa shape index (κ3) is 3.05. The fourth-order valence-corrected chi connectivity index (χ4v) is 5.97. The molecule has 0 saturated carbocycles. The fraction of sp³-hybridized carbons (Fsp3) is 0.500. The predicted octanol–water partition coefficient (Wildman–Crippen LogP) is 3.98. The molecule has 31 heavy (non-hydrogen) atoms. The van der Waals surface area contributed by atoms with Gasteiger partial charge in [-0.05, 0) is 59.7 Å². The van der Waals surface area contributed by atoms with Gasteiger partial charge in [0.1, 0.15) is 5.75 Å². The van der Waals surface area contributed by atoms with Crippen molar-refractivity contribution in [2.75, 3.05) is 37.7 Å². The van der Waals surface area contributed by atoms with Crippen molar-refractivity contribution in [2.24, 2.45) is 5.41 Å². The first-order chi connectivity index (χ1) is 14.8. The molecule has 164 valence electrons. The van der Waals surface area contributed by atoms with Crippen LogP contribution in [0.4, 0.5) is 5.69 Å². The molecule has 2 fully saturated rings. The summed E-state index contributed by atoms with van der Waals surface area (Å²) in [7, 11) is 0. The van der Waals surface area contributed by atoms with Crippen LogP contribution < -0.4 is 4.90 Å². The molecule has 2 atom stereocenters. The van der Waals surface area contributed by atoms with Gasteiger partial charge in [-0.3, -0.25) is 4.79 Å². The summed E-state index contributed by atoms with van der Waals surface area (Å²) in [5.41, 5.74) is 3.98. The molecule has 0 aromatic heterocycles. The van der Waals surface area contributed by atoms with Gasteiger partial charge in [0.25, 0.3) is 5.91 Å². The number of amides is 1. The first kappa shape index (κ1) is 20.4. The van der Waals surface area contributed by atoms with Gasteiger partial charge in [0.2, 0.25) is 0 Å². The third-order valence-corrected chi connectivity index (χ3v) is 8.38. The minimum atomic E-state index is -0.0879. The highest BCUT2D eigenvalue weighted by atomic mass is 16.5. The van der Waals surface area contributed by atoms with E-state index in [1.165, 1.54) is 5.56 Å². The van der Waals surface area contributed by atoms with Crippen molar-refractivity contribution in [1.29, 1.82) is 0 Å². The van der Waals surface area contributed by atoms with E-state index < -0.39 is 0 Å². The van der Waals surface area contributed by atoms with Crippen molar-refractivity contribution >= 4 is 11.6 Å². The number of phenols is 1. The van der Waals surface area contributed by atoms with Gasteiger partial charge in [-0.15, -0.1) is 0 Å². The highest BCUT2D eigenvalue weighted by molar-refractivity contribution is 5.95. The lowest BCUT2D eigenvalue weighted by atomic mass is 9.51. The summed E-state index contributed by atoms with van der Waals surface area (Å²) in [4.78, 5) is 18.0. The number of aromatic hydroxyl groups is 1. The quantitative estimate of drug-likeness (QED) is 0.798. The normalized spacial score (nSPS) is 27.0. The maximum Gasteiger partial charge on any atom is 0.254 e. The molecule has 1 aliphatic carbocycles. The summed E-state index contributed by atoms with van der Waals surface area (Å²) < 4.78 is 5.44. The summed E-state index contributed by atoms with van der Waals surface area (Å²) in [5.74, 6) is 0.445. The molecular formula is C26H32N2O3. The Bertz CT molecular complexity index is 994. The first-order valence-corrected chi connectivity index (χ1v) is 11.4. The molecule has 2 saturated heterocycles. The lowest BCUT2D eigenvalue weighted by molar-refractivity contribution is -0.0266. The molecule has 2 aromatic rings. The zero-order chi connectivity index (χ0) is 21.8. The Labute approximate surface area is 184 Å². The van der Waals surface area contributed by atoms with E-state index in [1.54, 1.807) is 6.07 Å². The van der Waals surface area contributed by atoms with Crippen LogP contribution in [0.25, 0.3) is 0 Å². The van der Waals surface area contributed by atoms with E-state index in [1.807, 2.05) is 18.2 Å². The molecule has 1 N–H and O–H groups in total. The summed E-state index contributed by atoms with van der Waals surface area (Å²) in [6, 6.07) is 14.0. The van der Waals surface area contributed by atoms with Gasteiger partial charge in [0.05, 0.1) is 13.2 Å². The standard InChI is InChI=1S/C26H32N2O3/c1-25(2)23-17-20-21(5-4-6-22(20)29)26(25,3)11-12-28(23)24(30)18-7-9-19(10-8-18)27-13-15-31-16-14-27/h4-10,23,29H,11-17H2,1-3H3/t23-,26-/m0/s1. The van der Waals surface area contributed by atoms with E-state index in [4.69, 9.17) is 4.74 Å². The molecule has 0 radical (unpaired) electrons. The van der Waals surface area contributed by atoms with E-state index in [0.29, 0.717) is 12.2 Å². The van der Waals surface area contributed by atoms with Crippen molar-refractivity contribution in [3.05, 3.63) is 59.2 Å². The van der Waals surface area contributed by atoms with Crippen molar-refractivity contribution in [1.82, 2.24) is 4.90 Å². The Kier molecular flexibility index (Phi) is 4.78. The number of anilines is 1. The molecule has 0 spiro atoms. The van der Waals surface area contributed by atoms with Gasteiger partial charge in [0.15, 0.2) is 0 Å². The molecule has 2 aliphatic heterocycles. The SMILES string of the molecule is CC1(C)[C@@H]2Cc3c(O)cccc3[C@]1(C)CCN2C(=O)c1ccc(N2CCOCC2)cc1. The van der Waals surface area contributed by atoms with Crippen molar-refractivity contribution in [3.8, 4) is 5.75 Å². The number of hydrogen-bond donors (Lipinski definition) is 1. The molecule has 2 heterocycles. The van der Waals surface area contributed by atoms with Crippen LogP contribution in [0.3, 0.4) is 0 Å². The zero-order valence-corrected chi connectivity index (χ0v) is 18.7. The van der Waals surface area contributed by atoms with E-state index in [2.05, 4.69) is 48.8 Å². The molecule has 3 aliphatic rings. The van der Waals surface area contributed by atoms with Crippen LogP contribution in [0.2, 0.25) is 0 Å². The molecule has 0 unspecified atom stereocenters. The van der Waals surface area contributed by atoms with Crippen LogP contribution in [0.15, 0.2) is 42.5 Å². The van der Waals surface area contributed by atoms with Crippen LogP contribution in [0, 0.1) is 5.41 Å². The zero-order valence-electron chi connectivity index (χ0n) is 18.7. The average molecular weight is 421 g/mol. The molecule has 5 nitrogen and oxygen atoms in total. The monoisotopic (exact) mass is 420 g/mol. The van der Waals surface area contributed by atoms with E-state index in [-0.39, 0.29) is 22.8 Å². The number of carbonyl (C=O) groups is 1. The third-order valence-electron chi connectivity index (χ3n) is 8.38. The highest BCUT2D eigenvalue weighted by Crippen LogP contribution is 2.57. The summed E-state index contributed by atoms with van der Waals surface area (Å²) in [6.07, 6.45) is 1.59. The maximum atomic E-state index is 13.6. The van der Waals surface area contributed by atoms with Crippen molar-refractivity contribution in [2.45, 2.75) is 45.1 Å². The first-order valence-electron chi connectivity index (χ1n) is 11.4. The molecule has 2 bridgehead atoms. The Hall–Kier alpha value is -2.53. The Morgan fingerprint density at radius 3 is 2.45 bits per heavy atom. The number of morpholine rings is 1. The molecular weight excluding hydrogens is 388 g/mol. The summed E-state index contributed by atoms with van der Waals surface area (Å²) in [6.45, 7) is 10.9. The number of carbonyl (C=O) groups excluding carboxylic acids is 1. The van der Waals surface area contributed by atoms with Crippen LogP contribution in [0.1, 0.15) is 48.7 Å². The number of rotatable bonds is 2. The van der Waals surface area contributed by atoms with Gasteiger partial charge in [-0.1, -0.05) is 32.9 Å². The van der Waals surface area contributed by atoms with Gasteiger partial charge < -0.3 is 19.6 Å². The molecule has 5 rings (SSSR count). The molecule has 5 heteroatoms.